The molecule has 3 N–H and O–H groups in total. The molecule has 0 aliphatic heterocycles. The number of nitrogens with zero attached hydrogens (tertiary/aromatic N) is 1. The number of nitrogens with one attached hydrogen (secondary N) is 1. The van der Waals surface area contributed by atoms with Crippen molar-refractivity contribution in [3.8, 4) is 5.75 Å². The van der Waals surface area contributed by atoms with Gasteiger partial charge in [0.05, 0.1) is 12.1 Å². The van der Waals surface area contributed by atoms with Crippen LogP contribution < -0.4 is 15.8 Å². The maximum absolute atomic E-state index is 11.9. The van der Waals surface area contributed by atoms with Gasteiger partial charge in [-0.25, -0.2) is 0 Å². The second-order valence-corrected chi connectivity index (χ2v) is 4.48. The van der Waals surface area contributed by atoms with Gasteiger partial charge in [-0.05, 0) is 18.2 Å². The predicted octanol–water partition coefficient (Wildman–Crippen LogP) is 0.621. The fourth-order valence-electron chi connectivity index (χ4n) is 1.58. The van der Waals surface area contributed by atoms with E-state index in [-0.39, 0.29) is 18.1 Å². The number of nitrogens with two attached hydrogens (primary N) is 1. The molecule has 7 nitrogen and oxygen atoms in total. The van der Waals surface area contributed by atoms with Crippen molar-refractivity contribution >= 4 is 35.0 Å². The van der Waals surface area contributed by atoms with Crippen LogP contribution in [0.2, 0.25) is 5.02 Å². The molecule has 114 valence electrons. The lowest BCUT2D eigenvalue weighted by atomic mass is 10.3. The average molecular weight is 314 g/mol. The first-order valence-electron chi connectivity index (χ1n) is 6.07. The van der Waals surface area contributed by atoms with E-state index in [1.165, 1.54) is 26.2 Å². The van der Waals surface area contributed by atoms with Gasteiger partial charge < -0.3 is 15.8 Å². The highest BCUT2D eigenvalue weighted by Gasteiger charge is 2.24. The van der Waals surface area contributed by atoms with Crippen LogP contribution in [-0.2, 0) is 14.4 Å². The summed E-state index contributed by atoms with van der Waals surface area (Å²) in [5.41, 5.74) is 5.62. The molecule has 0 saturated heterocycles. The molecule has 0 unspecified atom stereocenters. The van der Waals surface area contributed by atoms with Gasteiger partial charge in [-0.3, -0.25) is 19.3 Å². The summed E-state index contributed by atoms with van der Waals surface area (Å²) >= 11 is 5.91. The number of rotatable bonds is 4. The van der Waals surface area contributed by atoms with Crippen molar-refractivity contribution in [3.05, 3.63) is 23.2 Å². The third kappa shape index (κ3) is 4.44. The Morgan fingerprint density at radius 3 is 2.52 bits per heavy atom. The van der Waals surface area contributed by atoms with E-state index in [2.05, 4.69) is 5.32 Å². The van der Waals surface area contributed by atoms with E-state index in [9.17, 15) is 14.4 Å². The van der Waals surface area contributed by atoms with Crippen molar-refractivity contribution in [1.29, 1.82) is 0 Å². The van der Waals surface area contributed by atoms with Crippen LogP contribution in [0.1, 0.15) is 6.92 Å². The topological polar surface area (TPSA) is 102 Å². The fourth-order valence-corrected chi connectivity index (χ4v) is 1.84. The Bertz CT molecular complexity index is 562. The van der Waals surface area contributed by atoms with Crippen LogP contribution in [0.15, 0.2) is 18.2 Å². The molecular formula is C13H16ClN3O4. The van der Waals surface area contributed by atoms with Gasteiger partial charge in [-0.15, -0.1) is 0 Å². The summed E-state index contributed by atoms with van der Waals surface area (Å²) in [4.78, 5) is 35.8. The zero-order valence-electron chi connectivity index (χ0n) is 11.7. The van der Waals surface area contributed by atoms with Gasteiger partial charge in [-0.1, -0.05) is 11.6 Å². The molecule has 0 radical (unpaired) electrons. The van der Waals surface area contributed by atoms with Crippen LogP contribution >= 0.6 is 11.6 Å². The maximum Gasteiger partial charge on any atom is 0.318 e. The molecule has 8 heteroatoms. The maximum atomic E-state index is 11.9. The van der Waals surface area contributed by atoms with E-state index in [1.54, 1.807) is 6.07 Å². The third-order valence-corrected chi connectivity index (χ3v) is 2.88. The quantitative estimate of drug-likeness (QED) is 0.793. The molecule has 0 saturated carbocycles. The molecular weight excluding hydrogens is 298 g/mol. The van der Waals surface area contributed by atoms with E-state index < -0.39 is 17.7 Å². The van der Waals surface area contributed by atoms with Crippen LogP contribution in [0.4, 0.5) is 5.69 Å². The van der Waals surface area contributed by atoms with Gasteiger partial charge >= 0.3 is 11.8 Å². The second kappa shape index (κ2) is 7.61. The van der Waals surface area contributed by atoms with Crippen molar-refractivity contribution in [2.24, 2.45) is 5.73 Å². The summed E-state index contributed by atoms with van der Waals surface area (Å²) < 4.78 is 4.98. The van der Waals surface area contributed by atoms with Crippen LogP contribution in [0, 0.1) is 0 Å². The summed E-state index contributed by atoms with van der Waals surface area (Å²) in [5, 5.41) is 2.65. The molecule has 21 heavy (non-hydrogen) atoms. The monoisotopic (exact) mass is 313 g/mol. The first kappa shape index (κ1) is 16.9. The molecule has 0 aliphatic rings. The SMILES string of the molecule is COc1ccc(NC(=O)C(=O)N(CCN)C(C)=O)cc1Cl. The lowest BCUT2D eigenvalue weighted by molar-refractivity contribution is -0.149. The summed E-state index contributed by atoms with van der Waals surface area (Å²) in [7, 11) is 1.46. The summed E-state index contributed by atoms with van der Waals surface area (Å²) in [5.74, 6) is -2.03. The van der Waals surface area contributed by atoms with Gasteiger partial charge in [-0.2, -0.15) is 0 Å². The number of hydrogen-bond donors (Lipinski definition) is 2. The Morgan fingerprint density at radius 2 is 2.05 bits per heavy atom. The Hall–Kier alpha value is -2.12. The molecule has 0 heterocycles. The summed E-state index contributed by atoms with van der Waals surface area (Å²) in [6.45, 7) is 1.24. The molecule has 0 aromatic heterocycles. The van der Waals surface area contributed by atoms with Crippen LogP contribution in [0.5, 0.6) is 5.75 Å². The van der Waals surface area contributed by atoms with E-state index in [0.717, 1.165) is 4.90 Å². The number of carbonyl (C=O) groups excluding carboxylic acids is 3. The third-order valence-electron chi connectivity index (χ3n) is 2.58. The van der Waals surface area contributed by atoms with Gasteiger partial charge in [0.25, 0.3) is 0 Å². The summed E-state index contributed by atoms with van der Waals surface area (Å²) in [6, 6.07) is 4.51. The van der Waals surface area contributed by atoms with E-state index in [4.69, 9.17) is 22.1 Å². The number of methoxy groups -OCH3 is 1. The van der Waals surface area contributed by atoms with Gasteiger partial charge in [0, 0.05) is 25.7 Å². The van der Waals surface area contributed by atoms with E-state index in [1.807, 2.05) is 0 Å². The molecule has 0 spiro atoms. The number of benzene rings is 1. The van der Waals surface area contributed by atoms with Crippen LogP contribution in [0.25, 0.3) is 0 Å². The lowest BCUT2D eigenvalue weighted by Crippen LogP contribution is -2.44. The molecule has 1 rings (SSSR count). The Kier molecular flexibility index (Phi) is 6.13. The minimum Gasteiger partial charge on any atom is -0.495 e. The Labute approximate surface area is 127 Å². The first-order valence-corrected chi connectivity index (χ1v) is 6.45. The first-order chi connectivity index (χ1) is 9.90. The molecule has 1 aromatic carbocycles. The Morgan fingerprint density at radius 1 is 1.38 bits per heavy atom. The lowest BCUT2D eigenvalue weighted by Gasteiger charge is -2.17. The number of ether oxygens (including phenoxy) is 1. The largest absolute Gasteiger partial charge is 0.495 e. The van der Waals surface area contributed by atoms with Gasteiger partial charge in [0.15, 0.2) is 0 Å². The highest BCUT2D eigenvalue weighted by Crippen LogP contribution is 2.27. The van der Waals surface area contributed by atoms with Crippen LogP contribution in [-0.4, -0.2) is 42.8 Å². The van der Waals surface area contributed by atoms with Crippen molar-refractivity contribution in [1.82, 2.24) is 4.90 Å². The number of imide groups is 1. The fraction of sp³-hybridized carbons (Fsp3) is 0.308. The van der Waals surface area contributed by atoms with E-state index in [0.29, 0.717) is 11.4 Å². The van der Waals surface area contributed by atoms with Crippen molar-refractivity contribution in [2.75, 3.05) is 25.5 Å². The minimum atomic E-state index is -0.972. The number of carbonyl (C=O) groups is 3. The van der Waals surface area contributed by atoms with Crippen molar-refractivity contribution in [3.63, 3.8) is 0 Å². The number of halogens is 1. The smallest absolute Gasteiger partial charge is 0.318 e. The normalized spacial score (nSPS) is 9.90. The zero-order valence-corrected chi connectivity index (χ0v) is 12.4. The zero-order chi connectivity index (χ0) is 16.0. The molecule has 1 aromatic rings. The highest BCUT2D eigenvalue weighted by atomic mass is 35.5. The van der Waals surface area contributed by atoms with Crippen molar-refractivity contribution in [2.45, 2.75) is 6.92 Å². The number of anilines is 1. The average Bonchev–Trinajstić information content (AvgIpc) is 2.43. The Balaban J connectivity index is 2.82. The summed E-state index contributed by atoms with van der Waals surface area (Å²) in [6.07, 6.45) is 0. The molecule has 0 fully saturated rings. The predicted molar refractivity (Wildman–Crippen MR) is 78.1 cm³/mol. The van der Waals surface area contributed by atoms with Crippen molar-refractivity contribution < 1.29 is 19.1 Å². The van der Waals surface area contributed by atoms with Gasteiger partial charge in [0.2, 0.25) is 5.91 Å². The standard InChI is InChI=1S/C13H16ClN3O4/c1-8(18)17(6-5-15)13(20)12(19)16-9-3-4-11(21-2)10(14)7-9/h3-4,7H,5-6,15H2,1-2H3,(H,16,19). The second-order valence-electron chi connectivity index (χ2n) is 4.07. The molecule has 0 bridgehead atoms. The molecule has 0 aliphatic carbocycles. The van der Waals surface area contributed by atoms with E-state index >= 15 is 0 Å². The molecule has 3 amide bonds. The van der Waals surface area contributed by atoms with Crippen LogP contribution in [0.3, 0.4) is 0 Å². The number of amides is 3. The highest BCUT2D eigenvalue weighted by molar-refractivity contribution is 6.41. The molecule has 0 atom stereocenters. The minimum absolute atomic E-state index is 0.0229. The number of hydrogen-bond acceptors (Lipinski definition) is 5. The van der Waals surface area contributed by atoms with Gasteiger partial charge in [0.1, 0.15) is 5.75 Å².